The van der Waals surface area contributed by atoms with E-state index in [1.54, 1.807) is 10.6 Å². The molecule has 0 aliphatic rings. The number of nitrogens with zero attached hydrogens (tertiary/aromatic N) is 2. The minimum atomic E-state index is -0.420. The number of nitrogens with one attached hydrogen (secondary N) is 1. The van der Waals surface area contributed by atoms with Gasteiger partial charge in [0.25, 0.3) is 5.56 Å². The Morgan fingerprint density at radius 3 is 2.53 bits per heavy atom. The second-order valence-corrected chi connectivity index (χ2v) is 8.86. The van der Waals surface area contributed by atoms with Crippen LogP contribution in [0.3, 0.4) is 0 Å². The topological polar surface area (TPSA) is 59.9 Å². The van der Waals surface area contributed by atoms with E-state index >= 15 is 0 Å². The van der Waals surface area contributed by atoms with Crippen LogP contribution in [0.25, 0.3) is 27.8 Å². The third kappa shape index (κ3) is 4.10. The summed E-state index contributed by atoms with van der Waals surface area (Å²) in [6, 6.07) is 22.4. The van der Waals surface area contributed by atoms with E-state index in [2.05, 4.69) is 4.98 Å². The number of thioether (sulfide) groups is 1. The first kappa shape index (κ1) is 22.0. The number of benzene rings is 3. The van der Waals surface area contributed by atoms with Gasteiger partial charge in [-0.2, -0.15) is 0 Å². The molecule has 0 radical (unpaired) electrons. The van der Waals surface area contributed by atoms with Crippen LogP contribution < -0.4 is 10.3 Å². The van der Waals surface area contributed by atoms with E-state index < -0.39 is 5.82 Å². The highest BCUT2D eigenvalue weighted by atomic mass is 32.2. The van der Waals surface area contributed by atoms with E-state index in [0.717, 1.165) is 27.9 Å². The molecule has 0 aliphatic heterocycles. The number of rotatable bonds is 6. The highest BCUT2D eigenvalue weighted by molar-refractivity contribution is 7.98. The first-order valence-corrected chi connectivity index (χ1v) is 11.8. The molecule has 170 valence electrons. The standard InChI is InChI=1S/C27H22FN3O2S/c1-17-8-11-20(12-9-17)31-26(32)25-24(21(15-29-25)19-6-4-3-5-7-19)30-27(31)34-16-18-10-13-23(33-2)22(28)14-18/h3-15,29H,16H2,1-2H3. The molecule has 0 saturated carbocycles. The number of aromatic nitrogens is 3. The third-order valence-electron chi connectivity index (χ3n) is 5.63. The Bertz CT molecular complexity index is 1530. The molecular formula is C27H22FN3O2S. The molecule has 7 heteroatoms. The fraction of sp³-hybridized carbons (Fsp3) is 0.111. The SMILES string of the molecule is COc1ccc(CSc2nc3c(-c4ccccc4)c[nH]c3c(=O)n2-c2ccc(C)cc2)cc1F. The normalized spacial score (nSPS) is 11.1. The Morgan fingerprint density at radius 1 is 1.06 bits per heavy atom. The summed E-state index contributed by atoms with van der Waals surface area (Å²) in [6.07, 6.45) is 1.82. The van der Waals surface area contributed by atoms with Crippen LogP contribution >= 0.6 is 11.8 Å². The Morgan fingerprint density at radius 2 is 1.82 bits per heavy atom. The molecule has 5 nitrogen and oxygen atoms in total. The van der Waals surface area contributed by atoms with E-state index in [4.69, 9.17) is 9.72 Å². The molecule has 1 N–H and O–H groups in total. The van der Waals surface area contributed by atoms with Crippen molar-refractivity contribution in [2.24, 2.45) is 0 Å². The third-order valence-corrected chi connectivity index (χ3v) is 6.64. The summed E-state index contributed by atoms with van der Waals surface area (Å²) in [5, 5.41) is 0.536. The largest absolute Gasteiger partial charge is 0.494 e. The summed E-state index contributed by atoms with van der Waals surface area (Å²) in [6.45, 7) is 2.00. The molecule has 0 unspecified atom stereocenters. The maximum Gasteiger partial charge on any atom is 0.283 e. The van der Waals surface area contributed by atoms with Gasteiger partial charge in [0.05, 0.1) is 12.8 Å². The van der Waals surface area contributed by atoms with Gasteiger partial charge < -0.3 is 9.72 Å². The van der Waals surface area contributed by atoms with Gasteiger partial charge in [-0.15, -0.1) is 0 Å². The minimum Gasteiger partial charge on any atom is -0.494 e. The summed E-state index contributed by atoms with van der Waals surface area (Å²) in [5.74, 6) is 0.220. The fourth-order valence-electron chi connectivity index (χ4n) is 3.84. The number of halogens is 1. The van der Waals surface area contributed by atoms with Crippen molar-refractivity contribution in [1.29, 1.82) is 0 Å². The molecular weight excluding hydrogens is 449 g/mol. The van der Waals surface area contributed by atoms with Crippen molar-refractivity contribution < 1.29 is 9.13 Å². The average molecular weight is 472 g/mol. The van der Waals surface area contributed by atoms with Crippen molar-refractivity contribution in [3.63, 3.8) is 0 Å². The summed E-state index contributed by atoms with van der Waals surface area (Å²) >= 11 is 1.39. The van der Waals surface area contributed by atoms with Gasteiger partial charge in [-0.25, -0.2) is 9.37 Å². The minimum absolute atomic E-state index is 0.181. The molecule has 3 aromatic carbocycles. The van der Waals surface area contributed by atoms with E-state index in [1.165, 1.54) is 24.9 Å². The zero-order valence-corrected chi connectivity index (χ0v) is 19.5. The number of H-pyrrole nitrogens is 1. The highest BCUT2D eigenvalue weighted by Gasteiger charge is 2.18. The van der Waals surface area contributed by atoms with E-state index in [1.807, 2.05) is 73.8 Å². The first-order chi connectivity index (χ1) is 16.5. The second-order valence-electron chi connectivity index (χ2n) is 7.92. The predicted molar refractivity (Wildman–Crippen MR) is 134 cm³/mol. The van der Waals surface area contributed by atoms with Crippen molar-refractivity contribution >= 4 is 22.8 Å². The maximum absolute atomic E-state index is 14.2. The Hall–Kier alpha value is -3.84. The molecule has 5 rings (SSSR count). The molecule has 0 bridgehead atoms. The first-order valence-electron chi connectivity index (χ1n) is 10.8. The summed E-state index contributed by atoms with van der Waals surface area (Å²) in [4.78, 5) is 21.7. The lowest BCUT2D eigenvalue weighted by molar-refractivity contribution is 0.386. The molecule has 34 heavy (non-hydrogen) atoms. The molecule has 0 atom stereocenters. The summed E-state index contributed by atoms with van der Waals surface area (Å²) in [7, 11) is 1.44. The lowest BCUT2D eigenvalue weighted by Gasteiger charge is -2.13. The molecule has 2 aromatic heterocycles. The molecule has 0 aliphatic carbocycles. The van der Waals surface area contributed by atoms with Gasteiger partial charge in [-0.1, -0.05) is 65.9 Å². The predicted octanol–water partition coefficient (Wildman–Crippen LogP) is 6.13. The van der Waals surface area contributed by atoms with Crippen LogP contribution in [0.2, 0.25) is 0 Å². The maximum atomic E-state index is 14.2. The summed E-state index contributed by atoms with van der Waals surface area (Å²) < 4.78 is 20.8. The monoisotopic (exact) mass is 471 g/mol. The Kier molecular flexibility index (Phi) is 5.94. The molecule has 5 aromatic rings. The van der Waals surface area contributed by atoms with Gasteiger partial charge in [0, 0.05) is 17.5 Å². The van der Waals surface area contributed by atoms with Crippen LogP contribution in [-0.4, -0.2) is 21.6 Å². The van der Waals surface area contributed by atoms with Crippen molar-refractivity contribution in [3.05, 3.63) is 106 Å². The smallest absolute Gasteiger partial charge is 0.283 e. The van der Waals surface area contributed by atoms with Gasteiger partial charge in [0.15, 0.2) is 16.7 Å². The van der Waals surface area contributed by atoms with Crippen LogP contribution in [0.5, 0.6) is 5.75 Å². The molecule has 0 amide bonds. The van der Waals surface area contributed by atoms with Gasteiger partial charge in [-0.3, -0.25) is 9.36 Å². The molecule has 0 spiro atoms. The average Bonchev–Trinajstić information content (AvgIpc) is 3.28. The van der Waals surface area contributed by atoms with Gasteiger partial charge in [0.1, 0.15) is 11.0 Å². The Balaban J connectivity index is 1.63. The van der Waals surface area contributed by atoms with Crippen molar-refractivity contribution in [2.45, 2.75) is 17.8 Å². The van der Waals surface area contributed by atoms with Crippen LogP contribution in [0.4, 0.5) is 4.39 Å². The van der Waals surface area contributed by atoms with Crippen LogP contribution in [0, 0.1) is 12.7 Å². The number of hydrogen-bond donors (Lipinski definition) is 1. The van der Waals surface area contributed by atoms with E-state index in [0.29, 0.717) is 21.9 Å². The zero-order valence-electron chi connectivity index (χ0n) is 18.7. The van der Waals surface area contributed by atoms with E-state index in [-0.39, 0.29) is 11.3 Å². The van der Waals surface area contributed by atoms with Crippen LogP contribution in [0.1, 0.15) is 11.1 Å². The number of aryl methyl sites for hydroxylation is 1. The van der Waals surface area contributed by atoms with Crippen molar-refractivity contribution in [1.82, 2.24) is 14.5 Å². The second kappa shape index (κ2) is 9.19. The number of aromatic amines is 1. The lowest BCUT2D eigenvalue weighted by atomic mass is 10.1. The van der Waals surface area contributed by atoms with Crippen molar-refractivity contribution in [2.75, 3.05) is 7.11 Å². The van der Waals surface area contributed by atoms with Gasteiger partial charge in [-0.05, 0) is 42.3 Å². The molecule has 2 heterocycles. The number of fused-ring (bicyclic) bond motifs is 1. The van der Waals surface area contributed by atoms with E-state index in [9.17, 15) is 9.18 Å². The zero-order chi connectivity index (χ0) is 23.7. The molecule has 0 saturated heterocycles. The number of ether oxygens (including phenoxy) is 1. The molecule has 0 fully saturated rings. The van der Waals surface area contributed by atoms with Gasteiger partial charge >= 0.3 is 0 Å². The highest BCUT2D eigenvalue weighted by Crippen LogP contribution is 2.30. The quantitative estimate of drug-likeness (QED) is 0.239. The van der Waals surface area contributed by atoms with Crippen LogP contribution in [0.15, 0.2) is 88.9 Å². The number of hydrogen-bond acceptors (Lipinski definition) is 4. The lowest BCUT2D eigenvalue weighted by Crippen LogP contribution is -2.21. The van der Waals surface area contributed by atoms with Crippen LogP contribution in [-0.2, 0) is 5.75 Å². The Labute approximate surface area is 200 Å². The number of methoxy groups -OCH3 is 1. The summed E-state index contributed by atoms with van der Waals surface area (Å²) in [5.41, 5.74) is 5.31. The van der Waals surface area contributed by atoms with Crippen molar-refractivity contribution in [3.8, 4) is 22.6 Å². The fourth-order valence-corrected chi connectivity index (χ4v) is 4.79. The van der Waals surface area contributed by atoms with Gasteiger partial charge in [0.2, 0.25) is 0 Å².